The first-order chi connectivity index (χ1) is 12.0. The SMILES string of the molecule is Cc1noc(C)c1CCC(=O)N=c1sccn1Cc1ccccc1F. The van der Waals surface area contributed by atoms with Crippen LogP contribution >= 0.6 is 11.3 Å². The van der Waals surface area contributed by atoms with Gasteiger partial charge in [0.1, 0.15) is 11.6 Å². The Labute approximate surface area is 148 Å². The largest absolute Gasteiger partial charge is 0.361 e. The summed E-state index contributed by atoms with van der Waals surface area (Å²) in [5.74, 6) is 0.248. The molecule has 1 amide bonds. The van der Waals surface area contributed by atoms with Crippen LogP contribution in [0.2, 0.25) is 0 Å². The zero-order chi connectivity index (χ0) is 17.8. The second-order valence-corrected chi connectivity index (χ2v) is 6.59. The minimum Gasteiger partial charge on any atom is -0.361 e. The van der Waals surface area contributed by atoms with Crippen molar-refractivity contribution in [2.24, 2.45) is 4.99 Å². The molecule has 2 heterocycles. The number of amides is 1. The molecule has 0 unspecified atom stereocenters. The summed E-state index contributed by atoms with van der Waals surface area (Å²) >= 11 is 1.35. The molecule has 0 spiro atoms. The summed E-state index contributed by atoms with van der Waals surface area (Å²) in [4.78, 5) is 16.9. The van der Waals surface area contributed by atoms with Gasteiger partial charge in [0.25, 0.3) is 0 Å². The quantitative estimate of drug-likeness (QED) is 0.701. The van der Waals surface area contributed by atoms with Gasteiger partial charge < -0.3 is 9.09 Å². The number of aryl methyl sites for hydroxylation is 2. The summed E-state index contributed by atoms with van der Waals surface area (Å²) in [6.45, 7) is 4.03. The average molecular weight is 359 g/mol. The van der Waals surface area contributed by atoms with Crippen LogP contribution in [0.25, 0.3) is 0 Å². The summed E-state index contributed by atoms with van der Waals surface area (Å²) in [5.41, 5.74) is 2.32. The number of thiazole rings is 1. The van der Waals surface area contributed by atoms with Crippen LogP contribution in [-0.2, 0) is 17.8 Å². The molecule has 0 atom stereocenters. The van der Waals surface area contributed by atoms with Crippen molar-refractivity contribution in [3.8, 4) is 0 Å². The maximum absolute atomic E-state index is 13.8. The molecular formula is C18H18FN3O2S. The van der Waals surface area contributed by atoms with E-state index in [9.17, 15) is 9.18 Å². The Balaban J connectivity index is 1.73. The van der Waals surface area contributed by atoms with Crippen molar-refractivity contribution in [2.45, 2.75) is 33.2 Å². The Bertz CT molecular complexity index is 936. The lowest BCUT2D eigenvalue weighted by atomic mass is 10.1. The van der Waals surface area contributed by atoms with Crippen molar-refractivity contribution >= 4 is 17.2 Å². The van der Waals surface area contributed by atoms with E-state index in [4.69, 9.17) is 4.52 Å². The molecule has 7 heteroatoms. The van der Waals surface area contributed by atoms with Crippen molar-refractivity contribution in [3.63, 3.8) is 0 Å². The van der Waals surface area contributed by atoms with Crippen LogP contribution < -0.4 is 4.80 Å². The van der Waals surface area contributed by atoms with Crippen LogP contribution in [-0.4, -0.2) is 15.6 Å². The van der Waals surface area contributed by atoms with Crippen LogP contribution in [0.15, 0.2) is 45.4 Å². The van der Waals surface area contributed by atoms with E-state index in [0.717, 1.165) is 17.0 Å². The molecule has 0 aliphatic carbocycles. The van der Waals surface area contributed by atoms with Gasteiger partial charge in [0.05, 0.1) is 12.2 Å². The molecule has 0 radical (unpaired) electrons. The fourth-order valence-corrected chi connectivity index (χ4v) is 3.32. The van der Waals surface area contributed by atoms with E-state index in [-0.39, 0.29) is 18.1 Å². The molecule has 3 aromatic rings. The smallest absolute Gasteiger partial charge is 0.248 e. The number of benzene rings is 1. The Morgan fingerprint density at radius 3 is 2.88 bits per heavy atom. The molecule has 5 nitrogen and oxygen atoms in total. The van der Waals surface area contributed by atoms with Gasteiger partial charge >= 0.3 is 0 Å². The summed E-state index contributed by atoms with van der Waals surface area (Å²) in [6.07, 6.45) is 2.63. The van der Waals surface area contributed by atoms with Crippen molar-refractivity contribution < 1.29 is 13.7 Å². The molecule has 0 N–H and O–H groups in total. The van der Waals surface area contributed by atoms with Crippen molar-refractivity contribution in [3.05, 3.63) is 69.0 Å². The second kappa shape index (κ2) is 7.57. The fraction of sp³-hybridized carbons (Fsp3) is 0.278. The van der Waals surface area contributed by atoms with Gasteiger partial charge in [0.15, 0.2) is 4.80 Å². The number of aromatic nitrogens is 2. The van der Waals surface area contributed by atoms with Gasteiger partial charge in [-0.1, -0.05) is 23.4 Å². The molecule has 0 saturated heterocycles. The molecular weight excluding hydrogens is 341 g/mol. The summed E-state index contributed by atoms with van der Waals surface area (Å²) in [5, 5.41) is 5.72. The van der Waals surface area contributed by atoms with Crippen LogP contribution in [0, 0.1) is 19.7 Å². The lowest BCUT2D eigenvalue weighted by Gasteiger charge is -2.04. The highest BCUT2D eigenvalue weighted by Crippen LogP contribution is 2.14. The lowest BCUT2D eigenvalue weighted by Crippen LogP contribution is -2.17. The van der Waals surface area contributed by atoms with E-state index in [1.165, 1.54) is 17.4 Å². The zero-order valence-electron chi connectivity index (χ0n) is 14.0. The number of nitrogens with zero attached hydrogens (tertiary/aromatic N) is 3. The molecule has 0 aliphatic heterocycles. The predicted octanol–water partition coefficient (Wildman–Crippen LogP) is 3.40. The number of rotatable bonds is 5. The predicted molar refractivity (Wildman–Crippen MR) is 92.7 cm³/mol. The van der Waals surface area contributed by atoms with Crippen molar-refractivity contribution in [1.29, 1.82) is 0 Å². The molecule has 0 fully saturated rings. The Morgan fingerprint density at radius 2 is 2.16 bits per heavy atom. The Morgan fingerprint density at radius 1 is 1.36 bits per heavy atom. The van der Waals surface area contributed by atoms with E-state index in [2.05, 4.69) is 10.1 Å². The molecule has 0 aliphatic rings. The molecule has 1 aromatic carbocycles. The number of hydrogen-bond acceptors (Lipinski definition) is 4. The monoisotopic (exact) mass is 359 g/mol. The summed E-state index contributed by atoms with van der Waals surface area (Å²) in [6, 6.07) is 6.59. The number of halogens is 1. The summed E-state index contributed by atoms with van der Waals surface area (Å²) < 4.78 is 20.7. The van der Waals surface area contributed by atoms with Gasteiger partial charge in [-0.25, -0.2) is 4.39 Å². The summed E-state index contributed by atoms with van der Waals surface area (Å²) in [7, 11) is 0. The van der Waals surface area contributed by atoms with Crippen LogP contribution in [0.5, 0.6) is 0 Å². The molecule has 0 bridgehead atoms. The van der Waals surface area contributed by atoms with Crippen molar-refractivity contribution in [1.82, 2.24) is 9.72 Å². The van der Waals surface area contributed by atoms with Crippen LogP contribution in [0.1, 0.15) is 29.0 Å². The van der Waals surface area contributed by atoms with Gasteiger partial charge in [0.2, 0.25) is 5.91 Å². The maximum atomic E-state index is 13.8. The van der Waals surface area contributed by atoms with E-state index in [1.54, 1.807) is 29.0 Å². The van der Waals surface area contributed by atoms with Crippen molar-refractivity contribution in [2.75, 3.05) is 0 Å². The van der Waals surface area contributed by atoms with E-state index in [0.29, 0.717) is 23.3 Å². The third-order valence-electron chi connectivity index (χ3n) is 3.95. The molecule has 2 aromatic heterocycles. The highest BCUT2D eigenvalue weighted by atomic mass is 32.1. The molecule has 25 heavy (non-hydrogen) atoms. The Kier molecular flexibility index (Phi) is 5.23. The highest BCUT2D eigenvalue weighted by molar-refractivity contribution is 7.07. The van der Waals surface area contributed by atoms with Gasteiger partial charge in [0, 0.05) is 29.1 Å². The molecule has 0 saturated carbocycles. The second-order valence-electron chi connectivity index (χ2n) is 5.71. The van der Waals surface area contributed by atoms with Crippen LogP contribution in [0.4, 0.5) is 4.39 Å². The van der Waals surface area contributed by atoms with E-state index in [1.807, 2.05) is 19.2 Å². The average Bonchev–Trinajstić information content (AvgIpc) is 3.15. The third-order valence-corrected chi connectivity index (χ3v) is 4.74. The minimum absolute atomic E-state index is 0.218. The normalized spacial score (nSPS) is 11.9. The van der Waals surface area contributed by atoms with Gasteiger partial charge in [-0.2, -0.15) is 4.99 Å². The first-order valence-corrected chi connectivity index (χ1v) is 8.79. The topological polar surface area (TPSA) is 60.4 Å². The zero-order valence-corrected chi connectivity index (χ0v) is 14.8. The standard InChI is InChI=1S/C18H18FN3O2S/c1-12-15(13(2)24-21-12)7-8-17(23)20-18-22(9-10-25-18)11-14-5-3-4-6-16(14)19/h3-6,9-10H,7-8,11H2,1-2H3. The highest BCUT2D eigenvalue weighted by Gasteiger charge is 2.11. The van der Waals surface area contributed by atoms with Crippen LogP contribution in [0.3, 0.4) is 0 Å². The fourth-order valence-electron chi connectivity index (χ4n) is 2.57. The minimum atomic E-state index is -0.267. The van der Waals surface area contributed by atoms with E-state index < -0.39 is 0 Å². The number of carbonyl (C=O) groups excluding carboxylic acids is 1. The molecule has 3 rings (SSSR count). The first kappa shape index (κ1) is 17.3. The number of carbonyl (C=O) groups is 1. The molecule has 130 valence electrons. The lowest BCUT2D eigenvalue weighted by molar-refractivity contribution is -0.118. The van der Waals surface area contributed by atoms with Gasteiger partial charge in [-0.05, 0) is 26.3 Å². The third kappa shape index (κ3) is 4.11. The number of hydrogen-bond donors (Lipinski definition) is 0. The van der Waals surface area contributed by atoms with E-state index >= 15 is 0 Å². The first-order valence-electron chi connectivity index (χ1n) is 7.91. The van der Waals surface area contributed by atoms with Gasteiger partial charge in [-0.3, -0.25) is 4.79 Å². The Hall–Kier alpha value is -2.54. The maximum Gasteiger partial charge on any atom is 0.248 e. The van der Waals surface area contributed by atoms with Gasteiger partial charge in [-0.15, -0.1) is 11.3 Å².